The summed E-state index contributed by atoms with van der Waals surface area (Å²) in [5.41, 5.74) is 4.03. The van der Waals surface area contributed by atoms with Crippen LogP contribution in [0.5, 0.6) is 0 Å². The Balaban J connectivity index is 1.49. The summed E-state index contributed by atoms with van der Waals surface area (Å²) >= 11 is 0. The molecular formula is C19H20N6. The van der Waals surface area contributed by atoms with Gasteiger partial charge < -0.3 is 5.32 Å². The van der Waals surface area contributed by atoms with Gasteiger partial charge in [-0.2, -0.15) is 10.2 Å². The molecule has 3 heterocycles. The van der Waals surface area contributed by atoms with Gasteiger partial charge in [0.1, 0.15) is 5.82 Å². The summed E-state index contributed by atoms with van der Waals surface area (Å²) in [5.74, 6) is 1.66. The second-order valence-corrected chi connectivity index (χ2v) is 6.89. The maximum Gasteiger partial charge on any atom is 0.183 e. The number of nitrogens with one attached hydrogen (secondary N) is 2. The Morgan fingerprint density at radius 2 is 2.16 bits per heavy atom. The maximum atomic E-state index is 4.76. The number of fused-ring (bicyclic) bond motifs is 2. The third kappa shape index (κ3) is 2.45. The molecule has 0 spiro atoms. The van der Waals surface area contributed by atoms with Gasteiger partial charge in [0, 0.05) is 23.8 Å². The van der Waals surface area contributed by atoms with E-state index in [1.54, 1.807) is 6.20 Å². The van der Waals surface area contributed by atoms with E-state index in [1.165, 1.54) is 30.2 Å². The summed E-state index contributed by atoms with van der Waals surface area (Å²) in [6.45, 7) is 3.12. The highest BCUT2D eigenvalue weighted by Crippen LogP contribution is 2.31. The van der Waals surface area contributed by atoms with Crippen molar-refractivity contribution in [1.82, 2.24) is 25.0 Å². The van der Waals surface area contributed by atoms with E-state index in [4.69, 9.17) is 5.10 Å². The Hall–Kier alpha value is -2.89. The van der Waals surface area contributed by atoms with Gasteiger partial charge >= 0.3 is 0 Å². The molecule has 25 heavy (non-hydrogen) atoms. The lowest BCUT2D eigenvalue weighted by Crippen LogP contribution is -2.18. The van der Waals surface area contributed by atoms with E-state index in [0.29, 0.717) is 0 Å². The van der Waals surface area contributed by atoms with Crippen molar-refractivity contribution in [2.24, 2.45) is 5.92 Å². The lowest BCUT2D eigenvalue weighted by Gasteiger charge is -2.25. The number of H-pyrrole nitrogens is 1. The number of hydrogen-bond acceptors (Lipinski definition) is 4. The second kappa shape index (κ2) is 5.58. The van der Waals surface area contributed by atoms with Crippen molar-refractivity contribution in [1.29, 1.82) is 0 Å². The molecule has 1 saturated carbocycles. The summed E-state index contributed by atoms with van der Waals surface area (Å²) in [5, 5.41) is 17.6. The molecule has 2 N–H and O–H groups in total. The average Bonchev–Trinajstić information content (AvgIpc) is 3.13. The van der Waals surface area contributed by atoms with Crippen molar-refractivity contribution in [2.45, 2.75) is 32.7 Å². The predicted molar refractivity (Wildman–Crippen MR) is 99.0 cm³/mol. The standard InChI is InChI=1S/C19H20N6/c1-12-16-10-14(21-19-15-6-3-9-20-18(15)22-23-19)7-8-17(16)25(24-12)11-13-4-2-5-13/h3,6-10,13H,2,4-5,11H2,1H3,(H2,20,21,22,23). The molecule has 0 aliphatic heterocycles. The van der Waals surface area contributed by atoms with Crippen LogP contribution in [0.4, 0.5) is 11.5 Å². The minimum absolute atomic E-state index is 0.718. The molecule has 1 aliphatic rings. The van der Waals surface area contributed by atoms with E-state index in [-0.39, 0.29) is 0 Å². The van der Waals surface area contributed by atoms with Crippen molar-refractivity contribution in [3.63, 3.8) is 0 Å². The van der Waals surface area contributed by atoms with Crippen LogP contribution >= 0.6 is 0 Å². The first-order valence-electron chi connectivity index (χ1n) is 8.81. The monoisotopic (exact) mass is 332 g/mol. The van der Waals surface area contributed by atoms with Crippen LogP contribution < -0.4 is 5.32 Å². The number of hydrogen-bond donors (Lipinski definition) is 2. The van der Waals surface area contributed by atoms with Crippen molar-refractivity contribution in [3.05, 3.63) is 42.2 Å². The van der Waals surface area contributed by atoms with Gasteiger partial charge in [-0.05, 0) is 56.0 Å². The first-order chi connectivity index (χ1) is 12.3. The van der Waals surface area contributed by atoms with E-state index in [1.807, 2.05) is 12.1 Å². The highest BCUT2D eigenvalue weighted by molar-refractivity contribution is 5.91. The number of anilines is 2. The first-order valence-corrected chi connectivity index (χ1v) is 8.81. The second-order valence-electron chi connectivity index (χ2n) is 6.89. The summed E-state index contributed by atoms with van der Waals surface area (Å²) < 4.78 is 2.17. The van der Waals surface area contributed by atoms with Gasteiger partial charge in [0.2, 0.25) is 0 Å². The molecule has 4 aromatic rings. The number of aryl methyl sites for hydroxylation is 1. The van der Waals surface area contributed by atoms with Crippen LogP contribution in [0.2, 0.25) is 0 Å². The molecule has 6 heteroatoms. The highest BCUT2D eigenvalue weighted by atomic mass is 15.3. The van der Waals surface area contributed by atoms with Crippen LogP contribution in [0.3, 0.4) is 0 Å². The smallest absolute Gasteiger partial charge is 0.183 e. The van der Waals surface area contributed by atoms with Crippen molar-refractivity contribution in [3.8, 4) is 0 Å². The van der Waals surface area contributed by atoms with Gasteiger partial charge in [-0.25, -0.2) is 4.98 Å². The van der Waals surface area contributed by atoms with Crippen molar-refractivity contribution in [2.75, 3.05) is 5.32 Å². The van der Waals surface area contributed by atoms with Crippen molar-refractivity contribution >= 4 is 33.4 Å². The van der Waals surface area contributed by atoms with Gasteiger partial charge in [0.15, 0.2) is 5.65 Å². The molecule has 1 fully saturated rings. The largest absolute Gasteiger partial charge is 0.340 e. The molecular weight excluding hydrogens is 312 g/mol. The summed E-state index contributed by atoms with van der Waals surface area (Å²) in [7, 11) is 0. The van der Waals surface area contributed by atoms with E-state index in [0.717, 1.165) is 40.7 Å². The molecule has 0 bridgehead atoms. The average molecular weight is 332 g/mol. The summed E-state index contributed by atoms with van der Waals surface area (Å²) in [6.07, 6.45) is 5.78. The maximum absolute atomic E-state index is 4.76. The van der Waals surface area contributed by atoms with Crippen LogP contribution in [0.15, 0.2) is 36.5 Å². The van der Waals surface area contributed by atoms with Gasteiger partial charge in [0.05, 0.1) is 16.6 Å². The van der Waals surface area contributed by atoms with Gasteiger partial charge in [-0.15, -0.1) is 0 Å². The number of aromatic nitrogens is 5. The molecule has 126 valence electrons. The number of benzene rings is 1. The van der Waals surface area contributed by atoms with Crippen LogP contribution in [0.25, 0.3) is 21.9 Å². The van der Waals surface area contributed by atoms with Crippen LogP contribution in [-0.4, -0.2) is 25.0 Å². The molecule has 0 radical (unpaired) electrons. The molecule has 0 unspecified atom stereocenters. The zero-order valence-corrected chi connectivity index (χ0v) is 14.2. The Kier molecular flexibility index (Phi) is 3.23. The zero-order valence-electron chi connectivity index (χ0n) is 14.2. The molecule has 6 nitrogen and oxygen atoms in total. The number of nitrogens with zero attached hydrogens (tertiary/aromatic N) is 4. The number of rotatable bonds is 4. The molecule has 5 rings (SSSR count). The van der Waals surface area contributed by atoms with Gasteiger partial charge in [-0.3, -0.25) is 9.78 Å². The third-order valence-electron chi connectivity index (χ3n) is 5.19. The molecule has 1 aromatic carbocycles. The third-order valence-corrected chi connectivity index (χ3v) is 5.19. The SMILES string of the molecule is Cc1nn(CC2CCC2)c2ccc(Nc3[nH]nc4ncccc34)cc12. The van der Waals surface area contributed by atoms with Crippen LogP contribution in [0.1, 0.15) is 25.0 Å². The fraction of sp³-hybridized carbons (Fsp3) is 0.316. The Morgan fingerprint density at radius 3 is 3.00 bits per heavy atom. The first kappa shape index (κ1) is 14.5. The van der Waals surface area contributed by atoms with Crippen molar-refractivity contribution < 1.29 is 0 Å². The molecule has 3 aromatic heterocycles. The number of pyridine rings is 1. The Labute approximate surface area is 145 Å². The lowest BCUT2D eigenvalue weighted by molar-refractivity contribution is 0.269. The van der Waals surface area contributed by atoms with Crippen LogP contribution in [0, 0.1) is 12.8 Å². The normalized spacial score (nSPS) is 14.9. The molecule has 0 amide bonds. The van der Waals surface area contributed by atoms with E-state index >= 15 is 0 Å². The van der Waals surface area contributed by atoms with Crippen LogP contribution in [-0.2, 0) is 6.54 Å². The molecule has 0 atom stereocenters. The number of aromatic amines is 1. The Bertz CT molecular complexity index is 1060. The Morgan fingerprint density at radius 1 is 1.24 bits per heavy atom. The fourth-order valence-electron chi connectivity index (χ4n) is 3.57. The van der Waals surface area contributed by atoms with E-state index in [2.05, 4.69) is 50.3 Å². The lowest BCUT2D eigenvalue weighted by atomic mass is 9.85. The van der Waals surface area contributed by atoms with E-state index in [9.17, 15) is 0 Å². The molecule has 0 saturated heterocycles. The minimum atomic E-state index is 0.718. The minimum Gasteiger partial charge on any atom is -0.340 e. The zero-order chi connectivity index (χ0) is 16.8. The van der Waals surface area contributed by atoms with Gasteiger partial charge in [-0.1, -0.05) is 6.42 Å². The highest BCUT2D eigenvalue weighted by Gasteiger charge is 2.20. The summed E-state index contributed by atoms with van der Waals surface area (Å²) in [4.78, 5) is 4.26. The topological polar surface area (TPSA) is 71.4 Å². The molecule has 1 aliphatic carbocycles. The quantitative estimate of drug-likeness (QED) is 0.588. The van der Waals surface area contributed by atoms with E-state index < -0.39 is 0 Å². The predicted octanol–water partition coefficient (Wildman–Crippen LogP) is 4.16. The fourth-order valence-corrected chi connectivity index (χ4v) is 3.57. The van der Waals surface area contributed by atoms with Gasteiger partial charge in [0.25, 0.3) is 0 Å². The summed E-state index contributed by atoms with van der Waals surface area (Å²) in [6, 6.07) is 10.4.